The number of carbonyl (C=O) groups is 2. The second-order valence-corrected chi connectivity index (χ2v) is 4.20. The number of amides is 2. The third-order valence-corrected chi connectivity index (χ3v) is 2.74. The molecule has 0 heterocycles. The van der Waals surface area contributed by atoms with E-state index in [1.807, 2.05) is 0 Å². The summed E-state index contributed by atoms with van der Waals surface area (Å²) in [7, 11) is 1.62. The molecule has 1 aromatic carbocycles. The van der Waals surface area contributed by atoms with E-state index in [0.29, 0.717) is 12.2 Å². The molecular formula is C13H18N4O4. The molecule has 3 N–H and O–H groups in total. The number of nitrogens with one attached hydrogen (secondary N) is 3. The number of benzene rings is 1. The highest BCUT2D eigenvalue weighted by Gasteiger charge is 2.16. The van der Waals surface area contributed by atoms with E-state index in [4.69, 9.17) is 0 Å². The first-order valence-electron chi connectivity index (χ1n) is 6.50. The van der Waals surface area contributed by atoms with Crippen LogP contribution in [0.5, 0.6) is 0 Å². The second-order valence-electron chi connectivity index (χ2n) is 4.20. The molecule has 1 aromatic rings. The fourth-order valence-electron chi connectivity index (χ4n) is 1.72. The molecule has 1 rings (SSSR count). The number of carbonyl (C=O) groups excluding carboxylic acids is 2. The van der Waals surface area contributed by atoms with E-state index in [2.05, 4.69) is 16.0 Å². The van der Waals surface area contributed by atoms with Gasteiger partial charge in [-0.2, -0.15) is 0 Å². The van der Waals surface area contributed by atoms with Gasteiger partial charge in [0.2, 0.25) is 5.91 Å². The molecule has 8 heteroatoms. The average Bonchev–Trinajstić information content (AvgIpc) is 2.46. The summed E-state index contributed by atoms with van der Waals surface area (Å²) in [5, 5.41) is 18.7. The zero-order chi connectivity index (χ0) is 15.8. The fraction of sp³-hybridized carbons (Fsp3) is 0.385. The van der Waals surface area contributed by atoms with Gasteiger partial charge in [-0.05, 0) is 13.0 Å². The first kappa shape index (κ1) is 16.4. The van der Waals surface area contributed by atoms with Crippen LogP contribution < -0.4 is 16.0 Å². The van der Waals surface area contributed by atoms with Crippen LogP contribution in [0.25, 0.3) is 0 Å². The van der Waals surface area contributed by atoms with Crippen LogP contribution in [0.15, 0.2) is 18.2 Å². The molecule has 0 aliphatic rings. The fourth-order valence-corrected chi connectivity index (χ4v) is 1.72. The van der Waals surface area contributed by atoms with E-state index in [1.54, 1.807) is 14.0 Å². The van der Waals surface area contributed by atoms with Crippen molar-refractivity contribution >= 4 is 23.2 Å². The largest absolute Gasteiger partial charge is 0.387 e. The van der Waals surface area contributed by atoms with Gasteiger partial charge < -0.3 is 16.0 Å². The van der Waals surface area contributed by atoms with Gasteiger partial charge in [-0.25, -0.2) is 0 Å². The van der Waals surface area contributed by atoms with E-state index in [1.165, 1.54) is 18.2 Å². The average molecular weight is 294 g/mol. The van der Waals surface area contributed by atoms with Gasteiger partial charge in [0.05, 0.1) is 10.5 Å². The third-order valence-electron chi connectivity index (χ3n) is 2.74. The van der Waals surface area contributed by atoms with Gasteiger partial charge in [0.25, 0.3) is 11.6 Å². The summed E-state index contributed by atoms with van der Waals surface area (Å²) in [6.45, 7) is 2.50. The van der Waals surface area contributed by atoms with Crippen LogP contribution in [0.1, 0.15) is 23.7 Å². The molecule has 0 aliphatic heterocycles. The highest BCUT2D eigenvalue weighted by atomic mass is 16.6. The van der Waals surface area contributed by atoms with Crippen LogP contribution in [-0.4, -0.2) is 36.9 Å². The summed E-state index contributed by atoms with van der Waals surface area (Å²) in [6, 6.07) is 3.99. The van der Waals surface area contributed by atoms with Crippen LogP contribution in [0, 0.1) is 10.1 Å². The van der Waals surface area contributed by atoms with E-state index in [9.17, 15) is 19.7 Å². The van der Waals surface area contributed by atoms with Crippen LogP contribution in [0.3, 0.4) is 0 Å². The molecule has 0 aliphatic carbocycles. The van der Waals surface area contributed by atoms with Crippen molar-refractivity contribution in [1.82, 2.24) is 10.6 Å². The normalized spacial score (nSPS) is 9.81. The Bertz CT molecular complexity index is 545. The maximum absolute atomic E-state index is 12.0. The number of nitro benzene ring substituents is 1. The van der Waals surface area contributed by atoms with E-state index >= 15 is 0 Å². The van der Waals surface area contributed by atoms with Crippen molar-refractivity contribution < 1.29 is 14.5 Å². The van der Waals surface area contributed by atoms with Crippen molar-refractivity contribution in [3.63, 3.8) is 0 Å². The van der Waals surface area contributed by atoms with Gasteiger partial charge in [-0.1, -0.05) is 0 Å². The highest BCUT2D eigenvalue weighted by molar-refractivity contribution is 6.00. The van der Waals surface area contributed by atoms with Gasteiger partial charge in [0, 0.05) is 44.4 Å². The first-order valence-corrected chi connectivity index (χ1v) is 6.50. The summed E-state index contributed by atoms with van der Waals surface area (Å²) in [4.78, 5) is 33.5. The zero-order valence-corrected chi connectivity index (χ0v) is 11.9. The molecule has 0 saturated heterocycles. The quantitative estimate of drug-likeness (QED) is 0.510. The molecule has 0 radical (unpaired) electrons. The number of anilines is 1. The number of nitro groups is 1. The molecule has 0 atom stereocenters. The van der Waals surface area contributed by atoms with E-state index in [0.717, 1.165) is 0 Å². The third kappa shape index (κ3) is 4.75. The summed E-state index contributed by atoms with van der Waals surface area (Å²) < 4.78 is 0. The SMILES string of the molecule is CCNC(=O)CCNC(=O)c1cc([N+](=O)[O-])ccc1NC. The number of nitrogens with zero attached hydrogens (tertiary/aromatic N) is 1. The van der Waals surface area contributed by atoms with Crippen LogP contribution in [0.4, 0.5) is 11.4 Å². The van der Waals surface area contributed by atoms with Crippen LogP contribution in [0.2, 0.25) is 0 Å². The Kier molecular flexibility index (Phi) is 6.12. The molecule has 114 valence electrons. The monoisotopic (exact) mass is 294 g/mol. The minimum absolute atomic E-state index is 0.156. The van der Waals surface area contributed by atoms with Gasteiger partial charge in [0.15, 0.2) is 0 Å². The van der Waals surface area contributed by atoms with Crippen LogP contribution >= 0.6 is 0 Å². The summed E-state index contributed by atoms with van der Waals surface area (Å²) in [5.41, 5.74) is 0.488. The maximum Gasteiger partial charge on any atom is 0.270 e. The maximum atomic E-state index is 12.0. The van der Waals surface area contributed by atoms with E-state index in [-0.39, 0.29) is 30.1 Å². The molecule has 21 heavy (non-hydrogen) atoms. The number of hydrogen-bond donors (Lipinski definition) is 3. The molecule has 0 fully saturated rings. The summed E-state index contributed by atoms with van der Waals surface area (Å²) in [5.74, 6) is -0.627. The Hall–Kier alpha value is -2.64. The zero-order valence-electron chi connectivity index (χ0n) is 11.9. The van der Waals surface area contributed by atoms with Crippen molar-refractivity contribution in [3.05, 3.63) is 33.9 Å². The van der Waals surface area contributed by atoms with Crippen molar-refractivity contribution in [2.75, 3.05) is 25.5 Å². The van der Waals surface area contributed by atoms with Gasteiger partial charge in [-0.15, -0.1) is 0 Å². The lowest BCUT2D eigenvalue weighted by atomic mass is 10.1. The van der Waals surface area contributed by atoms with Gasteiger partial charge in [0.1, 0.15) is 0 Å². The van der Waals surface area contributed by atoms with Crippen LogP contribution in [-0.2, 0) is 4.79 Å². The number of rotatable bonds is 7. The van der Waals surface area contributed by atoms with E-state index < -0.39 is 10.8 Å². The Morgan fingerprint density at radius 2 is 2.00 bits per heavy atom. The lowest BCUT2D eigenvalue weighted by Gasteiger charge is -2.09. The Labute approximate surface area is 122 Å². The summed E-state index contributed by atoms with van der Waals surface area (Å²) in [6.07, 6.45) is 0.156. The Balaban J connectivity index is 2.74. The molecule has 0 saturated carbocycles. The van der Waals surface area contributed by atoms with Crippen molar-refractivity contribution in [1.29, 1.82) is 0 Å². The Morgan fingerprint density at radius 3 is 2.57 bits per heavy atom. The standard InChI is InChI=1S/C13H18N4O4/c1-3-15-12(18)6-7-16-13(19)10-8-9(17(20)21)4-5-11(10)14-2/h4-5,8,14H,3,6-7H2,1-2H3,(H,15,18)(H,16,19). The molecule has 0 bridgehead atoms. The number of hydrogen-bond acceptors (Lipinski definition) is 5. The molecule has 0 spiro atoms. The predicted octanol–water partition coefficient (Wildman–Crippen LogP) is 0.892. The lowest BCUT2D eigenvalue weighted by molar-refractivity contribution is -0.384. The molecule has 0 aromatic heterocycles. The highest BCUT2D eigenvalue weighted by Crippen LogP contribution is 2.21. The smallest absolute Gasteiger partial charge is 0.270 e. The number of non-ortho nitro benzene ring substituents is 1. The predicted molar refractivity (Wildman–Crippen MR) is 78.3 cm³/mol. The summed E-state index contributed by atoms with van der Waals surface area (Å²) >= 11 is 0. The molecule has 2 amide bonds. The Morgan fingerprint density at radius 1 is 1.29 bits per heavy atom. The lowest BCUT2D eigenvalue weighted by Crippen LogP contribution is -2.30. The van der Waals surface area contributed by atoms with Gasteiger partial charge in [-0.3, -0.25) is 19.7 Å². The second kappa shape index (κ2) is 7.83. The topological polar surface area (TPSA) is 113 Å². The minimum Gasteiger partial charge on any atom is -0.387 e. The van der Waals surface area contributed by atoms with Crippen molar-refractivity contribution in [2.24, 2.45) is 0 Å². The minimum atomic E-state index is -0.565. The molecule has 8 nitrogen and oxygen atoms in total. The molecule has 0 unspecified atom stereocenters. The van der Waals surface area contributed by atoms with Crippen molar-refractivity contribution in [2.45, 2.75) is 13.3 Å². The first-order chi connectivity index (χ1) is 9.99. The van der Waals surface area contributed by atoms with Crippen molar-refractivity contribution in [3.8, 4) is 0 Å². The van der Waals surface area contributed by atoms with Gasteiger partial charge >= 0.3 is 0 Å². The molecular weight excluding hydrogens is 276 g/mol.